The molecule has 0 radical (unpaired) electrons. The van der Waals surface area contributed by atoms with E-state index in [-0.39, 0.29) is 5.56 Å². The first-order chi connectivity index (χ1) is 38.8. The Morgan fingerprint density at radius 2 is 0.949 bits per heavy atom. The molecule has 0 fully saturated rings. The quantitative estimate of drug-likeness (QED) is 0.0752. The van der Waals surface area contributed by atoms with Crippen molar-refractivity contribution in [3.05, 3.63) is 275 Å². The van der Waals surface area contributed by atoms with Crippen LogP contribution in [0.5, 0.6) is 0 Å². The van der Waals surface area contributed by atoms with Crippen LogP contribution < -0.4 is 10.5 Å². The fourth-order valence-electron chi connectivity index (χ4n) is 11.1. The molecule has 0 atom stereocenters. The molecule has 0 aliphatic heterocycles. The molecular weight excluding hydrogens is 967 g/mol. The van der Waals surface area contributed by atoms with Crippen LogP contribution in [0.2, 0.25) is 0 Å². The van der Waals surface area contributed by atoms with Crippen LogP contribution in [-0.4, -0.2) is 39.9 Å². The number of pyridine rings is 4. The zero-order valence-electron chi connectivity index (χ0n) is 44.5. The summed E-state index contributed by atoms with van der Waals surface area (Å²) in [6.45, 7) is 0. The summed E-state index contributed by atoms with van der Waals surface area (Å²) in [6.07, 6.45) is 9.61. The van der Waals surface area contributed by atoms with E-state index in [1.165, 1.54) is 22.3 Å². The Labute approximate surface area is 460 Å². The highest BCUT2D eigenvalue weighted by molar-refractivity contribution is 6.03. The van der Waals surface area contributed by atoms with E-state index >= 15 is 0 Å². The van der Waals surface area contributed by atoms with Gasteiger partial charge in [0.05, 0.1) is 27.8 Å². The summed E-state index contributed by atoms with van der Waals surface area (Å²) < 4.78 is 1.72. The van der Waals surface area contributed by atoms with Crippen molar-refractivity contribution in [2.45, 2.75) is 25.7 Å². The van der Waals surface area contributed by atoms with Crippen molar-refractivity contribution in [3.63, 3.8) is 0 Å². The van der Waals surface area contributed by atoms with Gasteiger partial charge in [-0.15, -0.1) is 0 Å². The summed E-state index contributed by atoms with van der Waals surface area (Å²) >= 11 is 0. The maximum absolute atomic E-state index is 13.7. The van der Waals surface area contributed by atoms with Crippen LogP contribution in [0.1, 0.15) is 32.6 Å². The number of aldehydes is 1. The van der Waals surface area contributed by atoms with Gasteiger partial charge in [0, 0.05) is 73.1 Å². The minimum Gasteiger partial charge on any atom is -0.377 e. The molecule has 0 aliphatic rings. The second-order valence-electron chi connectivity index (χ2n) is 20.5. The number of benzene rings is 8. The molecule has 0 saturated heterocycles. The Kier molecular flexibility index (Phi) is 13.9. The Morgan fingerprint density at radius 3 is 1.61 bits per heavy atom. The van der Waals surface area contributed by atoms with Crippen molar-refractivity contribution < 1.29 is 4.79 Å². The molecule has 79 heavy (non-hydrogen) atoms. The number of anilines is 1. The number of rotatable bonds is 15. The maximum atomic E-state index is 13.7. The number of fused-ring (bicyclic) bond motifs is 3. The fourth-order valence-corrected chi connectivity index (χ4v) is 11.1. The lowest BCUT2D eigenvalue weighted by Crippen LogP contribution is -2.18. The van der Waals surface area contributed by atoms with Gasteiger partial charge in [0.25, 0.3) is 5.56 Å². The van der Waals surface area contributed by atoms with Crippen LogP contribution in [0.15, 0.2) is 242 Å². The van der Waals surface area contributed by atoms with Crippen LogP contribution in [0.25, 0.3) is 100.0 Å². The first-order valence-electron chi connectivity index (χ1n) is 26.9. The Hall–Kier alpha value is -9.85. The molecule has 0 saturated carbocycles. The highest BCUT2D eigenvalue weighted by Gasteiger charge is 2.19. The molecule has 0 aliphatic carbocycles. The van der Waals surface area contributed by atoms with Gasteiger partial charge in [-0.3, -0.25) is 24.5 Å². The zero-order chi connectivity index (χ0) is 53.8. The predicted octanol–water partition coefficient (Wildman–Crippen LogP) is 16.0. The van der Waals surface area contributed by atoms with Crippen molar-refractivity contribution in [1.82, 2.24) is 19.5 Å². The second kappa shape index (κ2) is 22.0. The number of hydrogen-bond donors (Lipinski definition) is 0. The fraction of sp³-hybridized carbons (Fsp3) is 0.0972. The van der Waals surface area contributed by atoms with E-state index in [1.807, 2.05) is 117 Å². The highest BCUT2D eigenvalue weighted by Crippen LogP contribution is 2.41. The van der Waals surface area contributed by atoms with Crippen LogP contribution in [0.3, 0.4) is 0 Å². The average Bonchev–Trinajstić information content (AvgIpc) is 3.61. The molecule has 0 spiro atoms. The van der Waals surface area contributed by atoms with Crippen molar-refractivity contribution in [2.24, 2.45) is 7.05 Å². The number of aryl methyl sites for hydroxylation is 5. The first kappa shape index (κ1) is 50.0. The number of hydrogen-bond acceptors (Lipinski definition) is 6. The van der Waals surface area contributed by atoms with Crippen LogP contribution in [0, 0.1) is 0 Å². The Balaban J connectivity index is 0.921. The van der Waals surface area contributed by atoms with Gasteiger partial charge in [0.15, 0.2) is 6.29 Å². The molecule has 0 bridgehead atoms. The summed E-state index contributed by atoms with van der Waals surface area (Å²) in [5, 5.41) is 1.58. The number of aromatic nitrogens is 4. The van der Waals surface area contributed by atoms with Crippen LogP contribution >= 0.6 is 0 Å². The molecule has 7 nitrogen and oxygen atoms in total. The third-order valence-corrected chi connectivity index (χ3v) is 15.2. The van der Waals surface area contributed by atoms with Gasteiger partial charge >= 0.3 is 0 Å². The smallest absolute Gasteiger partial charge is 0.260 e. The first-order valence-corrected chi connectivity index (χ1v) is 26.9. The van der Waals surface area contributed by atoms with E-state index in [0.29, 0.717) is 29.5 Å². The molecule has 0 amide bonds. The Bertz CT molecular complexity index is 4260. The second-order valence-corrected chi connectivity index (χ2v) is 20.5. The molecule has 4 aromatic heterocycles. The van der Waals surface area contributed by atoms with Crippen molar-refractivity contribution in [1.29, 1.82) is 0 Å². The minimum absolute atomic E-state index is 0.0541. The van der Waals surface area contributed by atoms with Gasteiger partial charge in [0.2, 0.25) is 0 Å². The van der Waals surface area contributed by atoms with Crippen molar-refractivity contribution in [2.75, 3.05) is 19.0 Å². The highest BCUT2D eigenvalue weighted by atomic mass is 16.1. The van der Waals surface area contributed by atoms with Crippen molar-refractivity contribution >= 4 is 33.8 Å². The molecule has 382 valence electrons. The van der Waals surface area contributed by atoms with E-state index in [0.717, 1.165) is 114 Å². The molecule has 4 heterocycles. The summed E-state index contributed by atoms with van der Waals surface area (Å²) in [5.74, 6) is 0. The average molecular weight is 1020 g/mol. The van der Waals surface area contributed by atoms with E-state index in [1.54, 1.807) is 4.57 Å². The zero-order valence-corrected chi connectivity index (χ0v) is 44.5. The van der Waals surface area contributed by atoms with Gasteiger partial charge in [-0.25, -0.2) is 0 Å². The molecule has 0 unspecified atom stereocenters. The molecular formula is C72H57N5O2. The van der Waals surface area contributed by atoms with Gasteiger partial charge in [-0.05, 0) is 128 Å². The topological polar surface area (TPSA) is 81.0 Å². The predicted molar refractivity (Wildman–Crippen MR) is 326 cm³/mol. The SMILES string of the molecule is CN(C)c1ccccc1-c1ncc(CCc2cc(CCc3cnc4c(c3)c(=O)n(C)c3ccccc43)cc(-c3ccccc3-c3cnc(-c4ccccc4)cc3-c3ccc(-c4ccc(-c5ccccc5)cc4)cc3)c2)cc1C=O. The van der Waals surface area contributed by atoms with Gasteiger partial charge in [-0.1, -0.05) is 188 Å². The largest absolute Gasteiger partial charge is 0.377 e. The normalized spacial score (nSPS) is 11.3. The van der Waals surface area contributed by atoms with E-state index in [4.69, 9.17) is 15.0 Å². The summed E-state index contributed by atoms with van der Waals surface area (Å²) in [7, 11) is 5.83. The number of nitrogens with zero attached hydrogens (tertiary/aromatic N) is 5. The van der Waals surface area contributed by atoms with Crippen LogP contribution in [0.4, 0.5) is 5.69 Å². The van der Waals surface area contributed by atoms with Crippen LogP contribution in [-0.2, 0) is 32.7 Å². The maximum Gasteiger partial charge on any atom is 0.260 e. The van der Waals surface area contributed by atoms with Gasteiger partial charge < -0.3 is 9.47 Å². The van der Waals surface area contributed by atoms with Gasteiger partial charge in [-0.2, -0.15) is 0 Å². The summed E-state index contributed by atoms with van der Waals surface area (Å²) in [6, 6.07) is 76.3. The number of carbonyl (C=O) groups excluding carboxylic acids is 1. The third-order valence-electron chi connectivity index (χ3n) is 15.2. The standard InChI is InChI=1S/C72H57N5O2/c1-76(2)68-24-14-12-22-62(68)70-59(47-78)41-50(44-74-70)28-26-48-38-49(27-29-51-42-65-71(75-45-51)63-23-13-15-25-69(63)77(3)72(65)79)40-58(39-48)60-20-10-11-21-61(60)66-46-73-67(57-18-8-5-9-19-57)43-64(66)56-36-34-55(35-37-56)54-32-30-53(31-33-54)52-16-6-4-7-17-52/h4-25,30-47H,26-29H2,1-3H3. The molecule has 12 rings (SSSR count). The number of carbonyl (C=O) groups is 1. The number of para-hydroxylation sites is 2. The minimum atomic E-state index is -0.0541. The molecule has 7 heteroatoms. The lowest BCUT2D eigenvalue weighted by atomic mass is 9.87. The molecule has 8 aromatic carbocycles. The third kappa shape index (κ3) is 10.3. The van der Waals surface area contributed by atoms with E-state index in [9.17, 15) is 9.59 Å². The van der Waals surface area contributed by atoms with Gasteiger partial charge in [0.1, 0.15) is 0 Å². The molecule has 12 aromatic rings. The van der Waals surface area contributed by atoms with E-state index < -0.39 is 0 Å². The Morgan fingerprint density at radius 1 is 0.418 bits per heavy atom. The van der Waals surface area contributed by atoms with Crippen molar-refractivity contribution in [3.8, 4) is 78.1 Å². The summed E-state index contributed by atoms with van der Waals surface area (Å²) in [4.78, 5) is 43.5. The lowest BCUT2D eigenvalue weighted by molar-refractivity contribution is 0.112. The monoisotopic (exact) mass is 1020 g/mol. The summed E-state index contributed by atoms with van der Waals surface area (Å²) in [5.41, 5.74) is 22.1. The molecule has 0 N–H and O–H groups in total. The van der Waals surface area contributed by atoms with E-state index in [2.05, 4.69) is 146 Å². The lowest BCUT2D eigenvalue weighted by Gasteiger charge is -2.18.